The fourth-order valence-electron chi connectivity index (χ4n) is 0.953. The van der Waals surface area contributed by atoms with E-state index in [2.05, 4.69) is 4.85 Å². The molecular weight excluding hydrogens is 142 g/mol. The van der Waals surface area contributed by atoms with E-state index < -0.39 is 0 Å². The Kier molecular flexibility index (Phi) is 2.13. The van der Waals surface area contributed by atoms with Gasteiger partial charge in [0, 0.05) is 12.8 Å². The lowest BCUT2D eigenvalue weighted by Crippen LogP contribution is -2.13. The van der Waals surface area contributed by atoms with Crippen LogP contribution in [0.25, 0.3) is 4.85 Å². The van der Waals surface area contributed by atoms with Gasteiger partial charge in [0.2, 0.25) is 5.54 Å². The second-order valence-electron chi connectivity index (χ2n) is 2.82. The molecule has 1 fully saturated rings. The summed E-state index contributed by atoms with van der Waals surface area (Å²) >= 11 is 0. The molecule has 0 atom stereocenters. The first-order chi connectivity index (χ1) is 5.22. The number of carbonyl (C=O) groups is 1. The van der Waals surface area contributed by atoms with Gasteiger partial charge in [0.15, 0.2) is 0 Å². The van der Waals surface area contributed by atoms with Crippen LogP contribution in [-0.2, 0) is 9.53 Å². The fourth-order valence-corrected chi connectivity index (χ4v) is 0.953. The Balaban J connectivity index is 2.32. The van der Waals surface area contributed by atoms with E-state index in [0.717, 1.165) is 12.8 Å². The molecule has 0 aromatic rings. The molecule has 0 spiro atoms. The van der Waals surface area contributed by atoms with Crippen molar-refractivity contribution in [3.63, 3.8) is 0 Å². The predicted molar refractivity (Wildman–Crippen MR) is 39.8 cm³/mol. The van der Waals surface area contributed by atoms with E-state index in [1.807, 2.05) is 0 Å². The van der Waals surface area contributed by atoms with E-state index in [9.17, 15) is 4.79 Å². The van der Waals surface area contributed by atoms with E-state index in [1.165, 1.54) is 0 Å². The number of rotatable bonds is 3. The second kappa shape index (κ2) is 2.91. The molecular formula is C8H11NO2. The molecule has 60 valence electrons. The molecule has 1 aliphatic rings. The first-order valence-corrected chi connectivity index (χ1v) is 3.77. The Labute approximate surface area is 66.2 Å². The number of hydrogen-bond acceptors (Lipinski definition) is 2. The third kappa shape index (κ3) is 1.94. The topological polar surface area (TPSA) is 30.7 Å². The first-order valence-electron chi connectivity index (χ1n) is 3.77. The largest absolute Gasteiger partial charge is 0.466 e. The molecule has 0 unspecified atom stereocenters. The number of carbonyl (C=O) groups excluding carboxylic acids is 1. The van der Waals surface area contributed by atoms with Crippen molar-refractivity contribution in [2.45, 2.75) is 31.7 Å². The molecule has 1 aliphatic carbocycles. The summed E-state index contributed by atoms with van der Waals surface area (Å²) in [6, 6.07) is 0. The monoisotopic (exact) mass is 153 g/mol. The van der Waals surface area contributed by atoms with Gasteiger partial charge in [-0.05, 0) is 6.92 Å². The molecule has 0 aromatic heterocycles. The van der Waals surface area contributed by atoms with Crippen molar-refractivity contribution in [2.75, 3.05) is 6.61 Å². The Hall–Kier alpha value is -1.04. The van der Waals surface area contributed by atoms with Crippen LogP contribution in [-0.4, -0.2) is 18.1 Å². The molecule has 0 bridgehead atoms. The number of nitrogens with zero attached hydrogens (tertiary/aromatic N) is 1. The minimum absolute atomic E-state index is 0.235. The Morgan fingerprint density at radius 3 is 2.73 bits per heavy atom. The summed E-state index contributed by atoms with van der Waals surface area (Å²) in [5, 5.41) is 0. The van der Waals surface area contributed by atoms with E-state index in [-0.39, 0.29) is 17.9 Å². The minimum atomic E-state index is -0.369. The normalized spacial score (nSPS) is 18.5. The third-order valence-corrected chi connectivity index (χ3v) is 1.84. The van der Waals surface area contributed by atoms with Gasteiger partial charge in [-0.2, -0.15) is 0 Å². The van der Waals surface area contributed by atoms with Gasteiger partial charge in [-0.15, -0.1) is 0 Å². The van der Waals surface area contributed by atoms with Crippen LogP contribution in [0.1, 0.15) is 26.2 Å². The molecule has 3 heteroatoms. The third-order valence-electron chi connectivity index (χ3n) is 1.84. The van der Waals surface area contributed by atoms with Crippen molar-refractivity contribution in [2.24, 2.45) is 0 Å². The predicted octanol–water partition coefficient (Wildman–Crippen LogP) is 1.39. The van der Waals surface area contributed by atoms with Crippen LogP contribution >= 0.6 is 0 Å². The molecule has 0 saturated heterocycles. The lowest BCUT2D eigenvalue weighted by molar-refractivity contribution is -0.143. The highest BCUT2D eigenvalue weighted by Crippen LogP contribution is 2.43. The summed E-state index contributed by atoms with van der Waals surface area (Å²) in [5.74, 6) is -0.235. The summed E-state index contributed by atoms with van der Waals surface area (Å²) in [6.45, 7) is 8.99. The lowest BCUT2D eigenvalue weighted by Gasteiger charge is -2.01. The van der Waals surface area contributed by atoms with Gasteiger partial charge in [-0.25, -0.2) is 6.57 Å². The van der Waals surface area contributed by atoms with E-state index in [1.54, 1.807) is 6.92 Å². The Morgan fingerprint density at radius 2 is 2.36 bits per heavy atom. The fraction of sp³-hybridized carbons (Fsp3) is 0.750. The molecule has 0 amide bonds. The summed E-state index contributed by atoms with van der Waals surface area (Å²) in [5.41, 5.74) is -0.369. The van der Waals surface area contributed by atoms with Gasteiger partial charge in [-0.1, -0.05) is 0 Å². The zero-order chi connectivity index (χ0) is 8.32. The number of ether oxygens (including phenoxy) is 1. The zero-order valence-electron chi connectivity index (χ0n) is 6.59. The highest BCUT2D eigenvalue weighted by Gasteiger charge is 2.52. The van der Waals surface area contributed by atoms with Crippen molar-refractivity contribution >= 4 is 5.97 Å². The smallest absolute Gasteiger partial charge is 0.314 e. The SMILES string of the molecule is [C-]#[N+]C1(CC(=O)OCC)CC1. The maximum Gasteiger partial charge on any atom is 0.314 e. The van der Waals surface area contributed by atoms with Crippen LogP contribution in [0.4, 0.5) is 0 Å². The van der Waals surface area contributed by atoms with Crippen LogP contribution in [0.15, 0.2) is 0 Å². The van der Waals surface area contributed by atoms with Crippen LogP contribution in [0.2, 0.25) is 0 Å². The highest BCUT2D eigenvalue weighted by molar-refractivity contribution is 5.72. The first kappa shape index (κ1) is 8.06. The van der Waals surface area contributed by atoms with Gasteiger partial charge in [0.1, 0.15) is 6.42 Å². The highest BCUT2D eigenvalue weighted by atomic mass is 16.5. The van der Waals surface area contributed by atoms with Crippen molar-refractivity contribution in [3.05, 3.63) is 11.4 Å². The quantitative estimate of drug-likeness (QED) is 0.453. The molecule has 0 radical (unpaired) electrons. The van der Waals surface area contributed by atoms with E-state index >= 15 is 0 Å². The van der Waals surface area contributed by atoms with Crippen LogP contribution in [0, 0.1) is 6.57 Å². The van der Waals surface area contributed by atoms with Gasteiger partial charge in [0.25, 0.3) is 0 Å². The summed E-state index contributed by atoms with van der Waals surface area (Å²) in [4.78, 5) is 14.3. The van der Waals surface area contributed by atoms with Gasteiger partial charge in [-0.3, -0.25) is 4.79 Å². The molecule has 0 N–H and O–H groups in total. The number of hydrogen-bond donors (Lipinski definition) is 0. The molecule has 0 aliphatic heterocycles. The maximum atomic E-state index is 10.9. The van der Waals surface area contributed by atoms with Crippen LogP contribution < -0.4 is 0 Å². The molecule has 11 heavy (non-hydrogen) atoms. The summed E-state index contributed by atoms with van der Waals surface area (Å²) < 4.78 is 4.74. The average Bonchev–Trinajstić information content (AvgIpc) is 2.70. The van der Waals surface area contributed by atoms with E-state index in [4.69, 9.17) is 11.3 Å². The van der Waals surface area contributed by atoms with E-state index in [0.29, 0.717) is 6.61 Å². The minimum Gasteiger partial charge on any atom is -0.466 e. The molecule has 0 aromatic carbocycles. The summed E-state index contributed by atoms with van der Waals surface area (Å²) in [6.07, 6.45) is 2.00. The zero-order valence-corrected chi connectivity index (χ0v) is 6.59. The summed E-state index contributed by atoms with van der Waals surface area (Å²) in [7, 11) is 0. The molecule has 1 rings (SSSR count). The van der Waals surface area contributed by atoms with Crippen molar-refractivity contribution in [3.8, 4) is 0 Å². The van der Waals surface area contributed by atoms with Crippen molar-refractivity contribution in [1.82, 2.24) is 0 Å². The molecule has 1 saturated carbocycles. The van der Waals surface area contributed by atoms with Crippen molar-refractivity contribution < 1.29 is 9.53 Å². The van der Waals surface area contributed by atoms with Crippen molar-refractivity contribution in [1.29, 1.82) is 0 Å². The van der Waals surface area contributed by atoms with Gasteiger partial charge < -0.3 is 9.58 Å². The second-order valence-corrected chi connectivity index (χ2v) is 2.82. The Morgan fingerprint density at radius 1 is 1.73 bits per heavy atom. The maximum absolute atomic E-state index is 10.9. The number of esters is 1. The van der Waals surface area contributed by atoms with Gasteiger partial charge in [0.05, 0.1) is 6.61 Å². The molecule has 3 nitrogen and oxygen atoms in total. The van der Waals surface area contributed by atoms with Crippen LogP contribution in [0.3, 0.4) is 0 Å². The molecule has 0 heterocycles. The lowest BCUT2D eigenvalue weighted by atomic mass is 10.2. The van der Waals surface area contributed by atoms with Crippen LogP contribution in [0.5, 0.6) is 0 Å². The van der Waals surface area contributed by atoms with Gasteiger partial charge >= 0.3 is 5.97 Å². The Bertz CT molecular complexity index is 201. The average molecular weight is 153 g/mol. The standard InChI is InChI=1S/C8H11NO2/c1-3-11-7(10)6-8(9-2)4-5-8/h3-6H2,1H3.